The topological polar surface area (TPSA) is 63.8 Å². The van der Waals surface area contributed by atoms with Crippen LogP contribution in [0, 0.1) is 12.7 Å². The quantitative estimate of drug-likeness (QED) is 0.804. The molecular formula is C16H13FN2O3. The number of halogens is 1. The zero-order valence-electron chi connectivity index (χ0n) is 11.8. The lowest BCUT2D eigenvalue weighted by atomic mass is 10.2. The Hall–Kier alpha value is -2.89. The normalized spacial score (nSPS) is 10.8. The molecule has 0 unspecified atom stereocenters. The first-order chi connectivity index (χ1) is 10.6. The predicted octanol–water partition coefficient (Wildman–Crippen LogP) is 3.06. The first-order valence-electron chi connectivity index (χ1n) is 6.64. The van der Waals surface area contributed by atoms with Crippen LogP contribution in [0.5, 0.6) is 5.75 Å². The van der Waals surface area contributed by atoms with Crippen molar-refractivity contribution in [1.29, 1.82) is 0 Å². The number of hydrogen-bond donors (Lipinski definition) is 1. The van der Waals surface area contributed by atoms with E-state index in [0.717, 1.165) is 5.56 Å². The second-order valence-electron chi connectivity index (χ2n) is 4.84. The van der Waals surface area contributed by atoms with E-state index in [0.29, 0.717) is 17.1 Å². The molecule has 1 aromatic carbocycles. The number of aryl methyl sites for hydroxylation is 1. The molecule has 0 fully saturated rings. The average molecular weight is 300 g/mol. The van der Waals surface area contributed by atoms with Crippen LogP contribution in [0.3, 0.4) is 0 Å². The Morgan fingerprint density at radius 2 is 2.18 bits per heavy atom. The highest BCUT2D eigenvalue weighted by atomic mass is 19.1. The van der Waals surface area contributed by atoms with Gasteiger partial charge in [-0.1, -0.05) is 12.1 Å². The van der Waals surface area contributed by atoms with Gasteiger partial charge in [-0.25, -0.2) is 14.2 Å². The van der Waals surface area contributed by atoms with Crippen molar-refractivity contribution in [2.75, 3.05) is 0 Å². The number of carboxylic acid groups (broad SMARTS) is 1. The molecule has 0 aliphatic carbocycles. The molecule has 3 aromatic rings. The molecule has 0 spiro atoms. The summed E-state index contributed by atoms with van der Waals surface area (Å²) in [5.74, 6) is -0.682. The number of aromatic nitrogens is 2. The molecule has 0 saturated heterocycles. The second kappa shape index (κ2) is 5.48. The van der Waals surface area contributed by atoms with Crippen LogP contribution >= 0.6 is 0 Å². The van der Waals surface area contributed by atoms with E-state index in [9.17, 15) is 14.3 Å². The van der Waals surface area contributed by atoms with Gasteiger partial charge in [0.25, 0.3) is 0 Å². The van der Waals surface area contributed by atoms with Gasteiger partial charge in [-0.15, -0.1) is 0 Å². The Morgan fingerprint density at radius 1 is 1.36 bits per heavy atom. The lowest BCUT2D eigenvalue weighted by molar-refractivity contribution is 0.0693. The number of benzene rings is 1. The zero-order chi connectivity index (χ0) is 15.7. The molecule has 0 bridgehead atoms. The molecule has 2 heterocycles. The van der Waals surface area contributed by atoms with E-state index < -0.39 is 11.8 Å². The van der Waals surface area contributed by atoms with E-state index in [-0.39, 0.29) is 12.3 Å². The van der Waals surface area contributed by atoms with E-state index in [1.54, 1.807) is 28.8 Å². The van der Waals surface area contributed by atoms with Gasteiger partial charge in [-0.2, -0.15) is 0 Å². The summed E-state index contributed by atoms with van der Waals surface area (Å²) < 4.78 is 20.3. The zero-order valence-corrected chi connectivity index (χ0v) is 11.8. The Morgan fingerprint density at radius 3 is 2.91 bits per heavy atom. The Labute approximate surface area is 125 Å². The van der Waals surface area contributed by atoms with Gasteiger partial charge < -0.3 is 9.84 Å². The summed E-state index contributed by atoms with van der Waals surface area (Å²) in [6.45, 7) is 1.86. The average Bonchev–Trinajstić information content (AvgIpc) is 2.86. The maximum atomic E-state index is 13.1. The van der Waals surface area contributed by atoms with E-state index in [4.69, 9.17) is 4.74 Å². The molecule has 5 nitrogen and oxygen atoms in total. The number of rotatable bonds is 4. The second-order valence-corrected chi connectivity index (χ2v) is 4.84. The third kappa shape index (κ3) is 2.50. The standard InChI is InChI=1S/C16H13FN2O3/c1-10-4-3-7-19-13(18-14(15(10)19)16(20)21)9-22-12-6-2-5-11(17)8-12/h2-8H,9H2,1H3,(H,20,21). The number of fused-ring (bicyclic) bond motifs is 1. The highest BCUT2D eigenvalue weighted by Gasteiger charge is 2.18. The molecule has 112 valence electrons. The number of pyridine rings is 1. The summed E-state index contributed by atoms with van der Waals surface area (Å²) in [4.78, 5) is 15.5. The van der Waals surface area contributed by atoms with Gasteiger partial charge in [-0.3, -0.25) is 4.40 Å². The van der Waals surface area contributed by atoms with Gasteiger partial charge in [0.1, 0.15) is 18.2 Å². The lowest BCUT2D eigenvalue weighted by Crippen LogP contribution is -2.01. The molecule has 6 heteroatoms. The van der Waals surface area contributed by atoms with Gasteiger partial charge in [0.05, 0.1) is 5.52 Å². The minimum Gasteiger partial charge on any atom is -0.486 e. The van der Waals surface area contributed by atoms with Crippen LogP contribution < -0.4 is 4.74 Å². The molecule has 0 aliphatic heterocycles. The molecule has 3 rings (SSSR count). The van der Waals surface area contributed by atoms with Crippen LogP contribution in [-0.4, -0.2) is 20.5 Å². The van der Waals surface area contributed by atoms with E-state index in [1.807, 2.05) is 13.0 Å². The molecule has 0 atom stereocenters. The molecule has 0 aliphatic rings. The first kappa shape index (κ1) is 14.1. The third-order valence-electron chi connectivity index (χ3n) is 3.31. The van der Waals surface area contributed by atoms with Crippen molar-refractivity contribution in [2.24, 2.45) is 0 Å². The Kier molecular flexibility index (Phi) is 3.50. The largest absolute Gasteiger partial charge is 0.486 e. The molecule has 0 saturated carbocycles. The molecule has 0 amide bonds. The van der Waals surface area contributed by atoms with E-state index in [1.165, 1.54) is 12.1 Å². The summed E-state index contributed by atoms with van der Waals surface area (Å²) in [5, 5.41) is 9.28. The van der Waals surface area contributed by atoms with Crippen molar-refractivity contribution in [2.45, 2.75) is 13.5 Å². The van der Waals surface area contributed by atoms with Crippen molar-refractivity contribution in [1.82, 2.24) is 9.38 Å². The van der Waals surface area contributed by atoms with Crippen LogP contribution in [0.2, 0.25) is 0 Å². The fraction of sp³-hybridized carbons (Fsp3) is 0.125. The van der Waals surface area contributed by atoms with E-state index >= 15 is 0 Å². The van der Waals surface area contributed by atoms with Crippen LogP contribution in [0.25, 0.3) is 5.52 Å². The van der Waals surface area contributed by atoms with Crippen molar-refractivity contribution in [3.05, 3.63) is 65.5 Å². The Bertz CT molecular complexity index is 858. The summed E-state index contributed by atoms with van der Waals surface area (Å²) in [6.07, 6.45) is 1.73. The van der Waals surface area contributed by atoms with E-state index in [2.05, 4.69) is 4.98 Å². The van der Waals surface area contributed by atoms with Crippen LogP contribution in [0.15, 0.2) is 42.6 Å². The van der Waals surface area contributed by atoms with Gasteiger partial charge in [-0.05, 0) is 30.7 Å². The maximum absolute atomic E-state index is 13.1. The van der Waals surface area contributed by atoms with Crippen molar-refractivity contribution < 1.29 is 19.0 Å². The SMILES string of the molecule is Cc1cccn2c(COc3cccc(F)c3)nc(C(=O)O)c12. The van der Waals surface area contributed by atoms with Gasteiger partial charge >= 0.3 is 5.97 Å². The summed E-state index contributed by atoms with van der Waals surface area (Å²) >= 11 is 0. The maximum Gasteiger partial charge on any atom is 0.356 e. The number of imidazole rings is 1. The van der Waals surface area contributed by atoms with Crippen molar-refractivity contribution >= 4 is 11.5 Å². The number of nitrogens with zero attached hydrogens (tertiary/aromatic N) is 2. The van der Waals surface area contributed by atoms with Gasteiger partial charge in [0.2, 0.25) is 0 Å². The van der Waals surface area contributed by atoms with Crippen LogP contribution in [0.1, 0.15) is 21.9 Å². The minimum absolute atomic E-state index is 0.0176. The number of ether oxygens (including phenoxy) is 1. The van der Waals surface area contributed by atoms with Gasteiger partial charge in [0.15, 0.2) is 11.5 Å². The summed E-state index contributed by atoms with van der Waals surface area (Å²) in [7, 11) is 0. The smallest absolute Gasteiger partial charge is 0.356 e. The summed E-state index contributed by atoms with van der Waals surface area (Å²) in [6, 6.07) is 9.38. The number of hydrogen-bond acceptors (Lipinski definition) is 3. The molecule has 2 aromatic heterocycles. The van der Waals surface area contributed by atoms with Crippen LogP contribution in [-0.2, 0) is 6.61 Å². The van der Waals surface area contributed by atoms with Gasteiger partial charge in [0, 0.05) is 12.3 Å². The first-order valence-corrected chi connectivity index (χ1v) is 6.64. The lowest BCUT2D eigenvalue weighted by Gasteiger charge is -2.06. The number of carboxylic acids is 1. The molecular weight excluding hydrogens is 287 g/mol. The highest BCUT2D eigenvalue weighted by Crippen LogP contribution is 2.19. The fourth-order valence-corrected chi connectivity index (χ4v) is 2.32. The fourth-order valence-electron chi connectivity index (χ4n) is 2.32. The number of aromatic carboxylic acids is 1. The Balaban J connectivity index is 1.97. The summed E-state index contributed by atoms with van der Waals surface area (Å²) in [5.41, 5.74) is 1.33. The van der Waals surface area contributed by atoms with Crippen molar-refractivity contribution in [3.63, 3.8) is 0 Å². The third-order valence-corrected chi connectivity index (χ3v) is 3.31. The molecule has 22 heavy (non-hydrogen) atoms. The van der Waals surface area contributed by atoms with Crippen LogP contribution in [0.4, 0.5) is 4.39 Å². The minimum atomic E-state index is -1.09. The highest BCUT2D eigenvalue weighted by molar-refractivity contribution is 5.94. The predicted molar refractivity (Wildman–Crippen MR) is 77.6 cm³/mol. The number of carbonyl (C=O) groups is 1. The molecule has 1 N–H and O–H groups in total. The van der Waals surface area contributed by atoms with Crippen molar-refractivity contribution in [3.8, 4) is 5.75 Å². The monoisotopic (exact) mass is 300 g/mol. The molecule has 0 radical (unpaired) electrons.